The van der Waals surface area contributed by atoms with Crippen molar-refractivity contribution >= 4 is 5.95 Å². The van der Waals surface area contributed by atoms with Gasteiger partial charge in [-0.15, -0.1) is 0 Å². The number of halogens is 3. The minimum absolute atomic E-state index is 0.152. The third-order valence-corrected chi connectivity index (χ3v) is 3.45. The van der Waals surface area contributed by atoms with Crippen molar-refractivity contribution in [2.75, 3.05) is 5.32 Å². The lowest BCUT2D eigenvalue weighted by Gasteiger charge is -2.18. The average Bonchev–Trinajstić information content (AvgIpc) is 3.13. The van der Waals surface area contributed by atoms with Crippen molar-refractivity contribution in [1.29, 1.82) is 0 Å². The molecule has 0 atom stereocenters. The average molecular weight is 337 g/mol. The highest BCUT2D eigenvalue weighted by Gasteiger charge is 2.33. The van der Waals surface area contributed by atoms with Crippen molar-refractivity contribution in [3.05, 3.63) is 54.4 Å². The first-order chi connectivity index (χ1) is 11.4. The minimum atomic E-state index is -4.54. The van der Waals surface area contributed by atoms with Crippen molar-refractivity contribution in [2.24, 2.45) is 14.1 Å². The van der Waals surface area contributed by atoms with Crippen molar-refractivity contribution in [2.45, 2.75) is 12.2 Å². The molecule has 0 aliphatic rings. The summed E-state index contributed by atoms with van der Waals surface area (Å²) in [5.74, 6) is 0.997. The van der Waals surface area contributed by atoms with Gasteiger partial charge < -0.3 is 14.5 Å². The van der Waals surface area contributed by atoms with E-state index in [1.54, 1.807) is 48.0 Å². The molecular weight excluding hydrogens is 323 g/mol. The fourth-order valence-electron chi connectivity index (χ4n) is 2.27. The van der Waals surface area contributed by atoms with Gasteiger partial charge in [0.15, 0.2) is 0 Å². The molecule has 24 heavy (non-hydrogen) atoms. The molecule has 3 heterocycles. The second-order valence-corrected chi connectivity index (χ2v) is 5.13. The predicted octanol–water partition coefficient (Wildman–Crippen LogP) is 2.16. The Balaban J connectivity index is 2.00. The van der Waals surface area contributed by atoms with Crippen LogP contribution in [-0.2, 0) is 20.3 Å². The first-order valence-corrected chi connectivity index (χ1v) is 6.97. The van der Waals surface area contributed by atoms with Crippen LogP contribution in [0.2, 0.25) is 0 Å². The van der Waals surface area contributed by atoms with E-state index in [0.29, 0.717) is 11.6 Å². The van der Waals surface area contributed by atoms with Gasteiger partial charge in [-0.2, -0.15) is 13.2 Å². The molecule has 1 N–H and O–H groups in total. The molecule has 3 aromatic rings. The topological polar surface area (TPSA) is 73.5 Å². The van der Waals surface area contributed by atoms with Crippen molar-refractivity contribution in [3.8, 4) is 0 Å². The number of imidazole rings is 2. The molecule has 0 unspecified atom stereocenters. The summed E-state index contributed by atoms with van der Waals surface area (Å²) in [7, 11) is 3.57. The summed E-state index contributed by atoms with van der Waals surface area (Å²) in [5.41, 5.74) is -1.02. The van der Waals surface area contributed by atoms with Gasteiger partial charge in [0.2, 0.25) is 5.95 Å². The minimum Gasteiger partial charge on any atom is -0.338 e. The lowest BCUT2D eigenvalue weighted by Crippen LogP contribution is -2.22. The number of anilines is 1. The van der Waals surface area contributed by atoms with Crippen LogP contribution < -0.4 is 5.32 Å². The van der Waals surface area contributed by atoms with Crippen LogP contribution >= 0.6 is 0 Å². The lowest BCUT2D eigenvalue weighted by molar-refractivity contribution is -0.141. The van der Waals surface area contributed by atoms with Crippen LogP contribution in [0.15, 0.2) is 37.1 Å². The van der Waals surface area contributed by atoms with E-state index in [0.717, 1.165) is 12.3 Å². The van der Waals surface area contributed by atoms with E-state index in [4.69, 9.17) is 0 Å². The second kappa shape index (κ2) is 5.95. The van der Waals surface area contributed by atoms with Crippen molar-refractivity contribution in [1.82, 2.24) is 29.1 Å². The highest BCUT2D eigenvalue weighted by atomic mass is 19.4. The van der Waals surface area contributed by atoms with Crippen LogP contribution in [0.5, 0.6) is 0 Å². The molecule has 0 aromatic carbocycles. The Bertz CT molecular complexity index is 797. The SMILES string of the molecule is Cn1ccnc1C(Nc1nccc(C(F)(F)F)n1)c1nccn1C. The Morgan fingerprint density at radius 2 is 1.54 bits per heavy atom. The van der Waals surface area contributed by atoms with Gasteiger partial charge >= 0.3 is 6.18 Å². The van der Waals surface area contributed by atoms with Crippen molar-refractivity contribution in [3.63, 3.8) is 0 Å². The van der Waals surface area contributed by atoms with Gasteiger partial charge in [-0.05, 0) is 6.07 Å². The smallest absolute Gasteiger partial charge is 0.338 e. The molecule has 0 bridgehead atoms. The van der Waals surface area contributed by atoms with E-state index >= 15 is 0 Å². The van der Waals surface area contributed by atoms with Crippen molar-refractivity contribution < 1.29 is 13.2 Å². The first kappa shape index (κ1) is 16.0. The number of aryl methyl sites for hydroxylation is 2. The Hall–Kier alpha value is -2.91. The van der Waals surface area contributed by atoms with E-state index in [2.05, 4.69) is 25.3 Å². The standard InChI is InChI=1S/C14H14F3N7/c1-23-7-5-18-11(23)10(12-19-6-8-24(12)2)22-13-20-4-3-9(21-13)14(15,16)17/h3-8,10H,1-2H3,(H,20,21,22). The van der Waals surface area contributed by atoms with Crippen LogP contribution in [-0.4, -0.2) is 29.1 Å². The second-order valence-electron chi connectivity index (χ2n) is 5.13. The molecule has 0 saturated carbocycles. The molecule has 3 aromatic heterocycles. The summed E-state index contributed by atoms with van der Waals surface area (Å²) in [6.45, 7) is 0. The zero-order valence-corrected chi connectivity index (χ0v) is 12.9. The summed E-state index contributed by atoms with van der Waals surface area (Å²) >= 11 is 0. The zero-order chi connectivity index (χ0) is 17.3. The number of nitrogens with zero attached hydrogens (tertiary/aromatic N) is 6. The maximum absolute atomic E-state index is 12.8. The Kier molecular flexibility index (Phi) is 3.96. The molecule has 10 heteroatoms. The van der Waals surface area contributed by atoms with Gasteiger partial charge in [-0.1, -0.05) is 0 Å². The Morgan fingerprint density at radius 1 is 0.958 bits per heavy atom. The maximum Gasteiger partial charge on any atom is 0.433 e. The van der Waals surface area contributed by atoms with Gasteiger partial charge in [0, 0.05) is 45.1 Å². The van der Waals surface area contributed by atoms with Crippen LogP contribution in [0.4, 0.5) is 19.1 Å². The van der Waals surface area contributed by atoms with Gasteiger partial charge in [-0.3, -0.25) is 0 Å². The molecular formula is C14H14F3N7. The summed E-state index contributed by atoms with van der Waals surface area (Å²) in [5, 5.41) is 2.89. The fourth-order valence-corrected chi connectivity index (χ4v) is 2.27. The lowest BCUT2D eigenvalue weighted by atomic mass is 10.2. The number of aromatic nitrogens is 6. The van der Waals surface area contributed by atoms with Crippen LogP contribution in [0.25, 0.3) is 0 Å². The summed E-state index contributed by atoms with van der Waals surface area (Å²) in [6.07, 6.45) is 3.19. The largest absolute Gasteiger partial charge is 0.433 e. The number of rotatable bonds is 4. The summed E-state index contributed by atoms with van der Waals surface area (Å²) < 4.78 is 42.0. The Labute approximate surface area is 135 Å². The van der Waals surface area contributed by atoms with Crippen LogP contribution in [0, 0.1) is 0 Å². The van der Waals surface area contributed by atoms with E-state index in [9.17, 15) is 13.2 Å². The van der Waals surface area contributed by atoms with Gasteiger partial charge in [0.1, 0.15) is 23.4 Å². The molecule has 0 radical (unpaired) electrons. The molecule has 126 valence electrons. The maximum atomic E-state index is 12.8. The molecule has 7 nitrogen and oxygen atoms in total. The molecule has 0 aliphatic carbocycles. The third kappa shape index (κ3) is 3.07. The van der Waals surface area contributed by atoms with E-state index in [1.807, 2.05) is 0 Å². The number of alkyl halides is 3. The summed E-state index contributed by atoms with van der Waals surface area (Å²) in [4.78, 5) is 15.9. The van der Waals surface area contributed by atoms with Gasteiger partial charge in [0.05, 0.1) is 0 Å². The highest BCUT2D eigenvalue weighted by Crippen LogP contribution is 2.29. The monoisotopic (exact) mass is 337 g/mol. The van der Waals surface area contributed by atoms with E-state index < -0.39 is 17.9 Å². The van der Waals surface area contributed by atoms with Crippen LogP contribution in [0.1, 0.15) is 23.4 Å². The van der Waals surface area contributed by atoms with Gasteiger partial charge in [-0.25, -0.2) is 19.9 Å². The highest BCUT2D eigenvalue weighted by molar-refractivity contribution is 5.33. The quantitative estimate of drug-likeness (QED) is 0.790. The summed E-state index contributed by atoms with van der Waals surface area (Å²) in [6, 6.07) is 0.218. The fraction of sp³-hybridized carbons (Fsp3) is 0.286. The normalized spacial score (nSPS) is 11.9. The predicted molar refractivity (Wildman–Crippen MR) is 78.9 cm³/mol. The third-order valence-electron chi connectivity index (χ3n) is 3.45. The van der Waals surface area contributed by atoms with E-state index in [-0.39, 0.29) is 5.95 Å². The first-order valence-electron chi connectivity index (χ1n) is 6.97. The number of nitrogens with one attached hydrogen (secondary N) is 1. The number of hydrogen-bond acceptors (Lipinski definition) is 5. The van der Waals surface area contributed by atoms with Crippen LogP contribution in [0.3, 0.4) is 0 Å². The molecule has 0 amide bonds. The molecule has 3 rings (SSSR count). The van der Waals surface area contributed by atoms with E-state index in [1.165, 1.54) is 0 Å². The molecule has 0 aliphatic heterocycles. The zero-order valence-electron chi connectivity index (χ0n) is 12.9. The Morgan fingerprint density at radius 3 is 2.00 bits per heavy atom. The number of hydrogen-bond donors (Lipinski definition) is 1. The van der Waals surface area contributed by atoms with Gasteiger partial charge in [0.25, 0.3) is 0 Å². The molecule has 0 spiro atoms. The molecule has 0 fully saturated rings. The molecule has 0 saturated heterocycles.